The van der Waals surface area contributed by atoms with Gasteiger partial charge in [-0.1, -0.05) is 54.1 Å². The summed E-state index contributed by atoms with van der Waals surface area (Å²) in [5.74, 6) is 1.33. The molecule has 8 heteroatoms. The number of aromatic amines is 1. The molecule has 7 nitrogen and oxygen atoms in total. The van der Waals surface area contributed by atoms with Crippen molar-refractivity contribution >= 4 is 23.8 Å². The van der Waals surface area contributed by atoms with E-state index in [1.54, 1.807) is 42.6 Å². The van der Waals surface area contributed by atoms with E-state index in [9.17, 15) is 10.1 Å². The molecule has 0 aliphatic heterocycles. The van der Waals surface area contributed by atoms with E-state index in [0.717, 1.165) is 5.56 Å². The van der Waals surface area contributed by atoms with Crippen LogP contribution in [0.5, 0.6) is 11.5 Å². The molecule has 0 saturated heterocycles. The molecule has 0 saturated carbocycles. The van der Waals surface area contributed by atoms with Gasteiger partial charge in [-0.2, -0.15) is 10.4 Å². The Bertz CT molecular complexity index is 1360. The lowest BCUT2D eigenvalue weighted by molar-refractivity contribution is 0.483. The van der Waals surface area contributed by atoms with Gasteiger partial charge in [-0.3, -0.25) is 9.78 Å². The summed E-state index contributed by atoms with van der Waals surface area (Å²) in [6, 6.07) is 25.4. The van der Waals surface area contributed by atoms with Gasteiger partial charge < -0.3 is 4.74 Å². The lowest BCUT2D eigenvalue weighted by Crippen LogP contribution is -2.16. The van der Waals surface area contributed by atoms with Crippen molar-refractivity contribution in [1.29, 1.82) is 5.26 Å². The number of nitrogens with one attached hydrogen (secondary N) is 2. The Kier molecular flexibility index (Phi) is 6.25. The lowest BCUT2D eigenvalue weighted by atomic mass is 10.1. The van der Waals surface area contributed by atoms with Crippen LogP contribution in [0.2, 0.25) is 5.02 Å². The van der Waals surface area contributed by atoms with E-state index in [1.807, 2.05) is 48.5 Å². The fourth-order valence-electron chi connectivity index (χ4n) is 2.88. The second kappa shape index (κ2) is 9.60. The molecule has 0 atom stereocenters. The molecule has 0 aliphatic rings. The fraction of sp³-hybridized carbons (Fsp3) is 0. The van der Waals surface area contributed by atoms with Gasteiger partial charge in [0.05, 0.1) is 16.9 Å². The molecule has 1 heterocycles. The van der Waals surface area contributed by atoms with Gasteiger partial charge in [0, 0.05) is 5.56 Å². The van der Waals surface area contributed by atoms with Crippen molar-refractivity contribution in [3.63, 3.8) is 0 Å². The Hall–Kier alpha value is -4.41. The maximum Gasteiger partial charge on any atom is 0.270 e. The first-order chi connectivity index (χ1) is 15.6. The Balaban J connectivity index is 1.48. The SMILES string of the molecule is N#Cc1c(-c2ccccc2)nc(NN=Cc2ccc(Oc3ccccc3Cl)cc2)[nH]c1=O. The molecule has 4 rings (SSSR count). The zero-order chi connectivity index (χ0) is 22.3. The number of hydrogen-bond acceptors (Lipinski definition) is 6. The molecule has 0 amide bonds. The van der Waals surface area contributed by atoms with Crippen molar-refractivity contribution in [3.8, 4) is 28.8 Å². The quantitative estimate of drug-likeness (QED) is 0.316. The van der Waals surface area contributed by atoms with Crippen molar-refractivity contribution in [2.45, 2.75) is 0 Å². The largest absolute Gasteiger partial charge is 0.456 e. The molecule has 0 unspecified atom stereocenters. The van der Waals surface area contributed by atoms with Gasteiger partial charge in [-0.25, -0.2) is 10.4 Å². The maximum absolute atomic E-state index is 12.3. The maximum atomic E-state index is 12.3. The van der Waals surface area contributed by atoms with Gasteiger partial charge in [-0.15, -0.1) is 0 Å². The van der Waals surface area contributed by atoms with Gasteiger partial charge in [0.25, 0.3) is 5.56 Å². The van der Waals surface area contributed by atoms with Crippen LogP contribution in [0.4, 0.5) is 5.95 Å². The van der Waals surface area contributed by atoms with E-state index in [4.69, 9.17) is 16.3 Å². The highest BCUT2D eigenvalue weighted by molar-refractivity contribution is 6.32. The summed E-state index contributed by atoms with van der Waals surface area (Å²) in [5, 5.41) is 14.0. The van der Waals surface area contributed by atoms with Gasteiger partial charge in [0.2, 0.25) is 5.95 Å². The molecule has 156 valence electrons. The fourth-order valence-corrected chi connectivity index (χ4v) is 3.05. The van der Waals surface area contributed by atoms with E-state index in [2.05, 4.69) is 20.5 Å². The highest BCUT2D eigenvalue weighted by atomic mass is 35.5. The zero-order valence-corrected chi connectivity index (χ0v) is 17.4. The molecule has 0 fully saturated rings. The predicted octanol–water partition coefficient (Wildman–Crippen LogP) is 5.20. The summed E-state index contributed by atoms with van der Waals surface area (Å²) in [5.41, 5.74) is 3.85. The van der Waals surface area contributed by atoms with E-state index in [0.29, 0.717) is 22.1 Å². The third-order valence-electron chi connectivity index (χ3n) is 4.41. The molecule has 3 aromatic carbocycles. The molecule has 32 heavy (non-hydrogen) atoms. The second-order valence-electron chi connectivity index (χ2n) is 6.59. The summed E-state index contributed by atoms with van der Waals surface area (Å²) in [7, 11) is 0. The Morgan fingerprint density at radius 2 is 1.75 bits per heavy atom. The van der Waals surface area contributed by atoms with Crippen molar-refractivity contribution < 1.29 is 4.74 Å². The van der Waals surface area contributed by atoms with Crippen molar-refractivity contribution in [2.75, 3.05) is 5.43 Å². The summed E-state index contributed by atoms with van der Waals surface area (Å²) in [6.45, 7) is 0. The van der Waals surface area contributed by atoms with Gasteiger partial charge in [-0.05, 0) is 42.0 Å². The van der Waals surface area contributed by atoms with Crippen LogP contribution in [0.15, 0.2) is 88.8 Å². The number of para-hydroxylation sites is 1. The normalized spacial score (nSPS) is 10.6. The van der Waals surface area contributed by atoms with E-state index < -0.39 is 5.56 Å². The molecule has 1 aromatic heterocycles. The first-order valence-electron chi connectivity index (χ1n) is 9.55. The van der Waals surface area contributed by atoms with Crippen LogP contribution < -0.4 is 15.7 Å². The van der Waals surface area contributed by atoms with E-state index in [1.165, 1.54) is 0 Å². The Morgan fingerprint density at radius 1 is 1.03 bits per heavy atom. The minimum Gasteiger partial charge on any atom is -0.456 e. The van der Waals surface area contributed by atoms with Crippen LogP contribution in [0.1, 0.15) is 11.1 Å². The monoisotopic (exact) mass is 441 g/mol. The molecule has 0 bridgehead atoms. The number of H-pyrrole nitrogens is 1. The molecule has 0 aliphatic carbocycles. The third-order valence-corrected chi connectivity index (χ3v) is 4.72. The van der Waals surface area contributed by atoms with Crippen LogP contribution >= 0.6 is 11.6 Å². The molecule has 2 N–H and O–H groups in total. The summed E-state index contributed by atoms with van der Waals surface area (Å²) in [4.78, 5) is 19.1. The summed E-state index contributed by atoms with van der Waals surface area (Å²) < 4.78 is 5.76. The number of ether oxygens (including phenoxy) is 1. The second-order valence-corrected chi connectivity index (χ2v) is 6.99. The molecule has 0 spiro atoms. The number of nitriles is 1. The van der Waals surface area contributed by atoms with Crippen molar-refractivity contribution in [2.24, 2.45) is 5.10 Å². The number of benzene rings is 3. The van der Waals surface area contributed by atoms with Crippen LogP contribution in [0.3, 0.4) is 0 Å². The minimum absolute atomic E-state index is 0.0557. The Morgan fingerprint density at radius 3 is 2.47 bits per heavy atom. The lowest BCUT2D eigenvalue weighted by Gasteiger charge is -2.07. The third kappa shape index (κ3) is 4.83. The van der Waals surface area contributed by atoms with Gasteiger partial charge in [0.15, 0.2) is 0 Å². The number of anilines is 1. The Labute approximate surface area is 188 Å². The van der Waals surface area contributed by atoms with Crippen molar-refractivity contribution in [1.82, 2.24) is 9.97 Å². The van der Waals surface area contributed by atoms with Crippen LogP contribution in [-0.2, 0) is 0 Å². The highest BCUT2D eigenvalue weighted by Crippen LogP contribution is 2.28. The molecular formula is C24H16ClN5O2. The number of nitrogens with zero attached hydrogens (tertiary/aromatic N) is 3. The highest BCUT2D eigenvalue weighted by Gasteiger charge is 2.12. The first kappa shape index (κ1) is 20.8. The van der Waals surface area contributed by atoms with E-state index >= 15 is 0 Å². The van der Waals surface area contributed by atoms with Gasteiger partial charge in [0.1, 0.15) is 23.1 Å². The number of halogens is 1. The average Bonchev–Trinajstić information content (AvgIpc) is 2.82. The summed E-state index contributed by atoms with van der Waals surface area (Å²) in [6.07, 6.45) is 1.57. The van der Waals surface area contributed by atoms with Crippen LogP contribution in [0, 0.1) is 11.3 Å². The molecular weight excluding hydrogens is 426 g/mol. The first-order valence-corrected chi connectivity index (χ1v) is 9.93. The number of rotatable bonds is 6. The number of hydrogen-bond donors (Lipinski definition) is 2. The van der Waals surface area contributed by atoms with Crippen molar-refractivity contribution in [3.05, 3.63) is 105 Å². The zero-order valence-electron chi connectivity index (χ0n) is 16.6. The van der Waals surface area contributed by atoms with Crippen LogP contribution in [-0.4, -0.2) is 16.2 Å². The molecule has 4 aromatic rings. The van der Waals surface area contributed by atoms with Crippen LogP contribution in [0.25, 0.3) is 11.3 Å². The standard InChI is InChI=1S/C24H16ClN5O2/c25-20-8-4-5-9-21(20)32-18-12-10-16(11-13-18)15-27-30-24-28-22(17-6-2-1-3-7-17)19(14-26)23(31)29-24/h1-13,15H,(H2,28,29,30,31). The minimum atomic E-state index is -0.542. The van der Waals surface area contributed by atoms with E-state index in [-0.39, 0.29) is 17.2 Å². The number of aromatic nitrogens is 2. The van der Waals surface area contributed by atoms with Gasteiger partial charge >= 0.3 is 0 Å². The topological polar surface area (TPSA) is 103 Å². The number of hydrazone groups is 1. The molecule has 0 radical (unpaired) electrons. The summed E-state index contributed by atoms with van der Waals surface area (Å²) >= 11 is 6.11. The predicted molar refractivity (Wildman–Crippen MR) is 124 cm³/mol. The smallest absolute Gasteiger partial charge is 0.270 e. The average molecular weight is 442 g/mol.